The summed E-state index contributed by atoms with van der Waals surface area (Å²) in [7, 11) is 4.07. The molecule has 0 fully saturated rings. The van der Waals surface area contributed by atoms with Gasteiger partial charge in [0.05, 0.1) is 11.2 Å². The summed E-state index contributed by atoms with van der Waals surface area (Å²) in [6.07, 6.45) is 4.68. The molecule has 0 saturated heterocycles. The minimum Gasteiger partial charge on any atom is -0.317 e. The summed E-state index contributed by atoms with van der Waals surface area (Å²) >= 11 is 0. The lowest BCUT2D eigenvalue weighted by Gasteiger charge is -2.12. The van der Waals surface area contributed by atoms with Crippen LogP contribution in [0.4, 0.5) is 0 Å². The quantitative estimate of drug-likeness (QED) is 0.848. The zero-order chi connectivity index (χ0) is 13.0. The molecule has 18 heavy (non-hydrogen) atoms. The zero-order valence-electron chi connectivity index (χ0n) is 11.6. The lowest BCUT2D eigenvalue weighted by Crippen LogP contribution is -2.24. The molecule has 1 unspecified atom stereocenters. The fourth-order valence-electron chi connectivity index (χ4n) is 2.54. The van der Waals surface area contributed by atoms with Crippen molar-refractivity contribution in [1.82, 2.24) is 15.1 Å². The zero-order valence-corrected chi connectivity index (χ0v) is 11.6. The second-order valence-corrected chi connectivity index (χ2v) is 4.87. The predicted molar refractivity (Wildman–Crippen MR) is 76.8 cm³/mol. The first-order chi connectivity index (χ1) is 8.76. The number of fused-ring (bicyclic) bond motifs is 1. The summed E-state index contributed by atoms with van der Waals surface area (Å²) in [5.41, 5.74) is 2.47. The van der Waals surface area contributed by atoms with E-state index in [2.05, 4.69) is 41.6 Å². The van der Waals surface area contributed by atoms with Crippen LogP contribution < -0.4 is 5.32 Å². The monoisotopic (exact) mass is 245 g/mol. The first kappa shape index (κ1) is 13.1. The molecule has 2 rings (SSSR count). The molecule has 1 atom stereocenters. The van der Waals surface area contributed by atoms with Crippen LogP contribution in [0.2, 0.25) is 0 Å². The fourth-order valence-corrected chi connectivity index (χ4v) is 2.54. The van der Waals surface area contributed by atoms with Crippen molar-refractivity contribution in [3.63, 3.8) is 0 Å². The second-order valence-electron chi connectivity index (χ2n) is 4.87. The minimum atomic E-state index is 0.639. The van der Waals surface area contributed by atoms with Crippen molar-refractivity contribution in [2.24, 2.45) is 7.05 Å². The topological polar surface area (TPSA) is 29.9 Å². The third-order valence-corrected chi connectivity index (χ3v) is 3.70. The van der Waals surface area contributed by atoms with Gasteiger partial charge >= 0.3 is 0 Å². The van der Waals surface area contributed by atoms with Gasteiger partial charge in [-0.2, -0.15) is 5.10 Å². The molecule has 0 aliphatic carbocycles. The van der Waals surface area contributed by atoms with Crippen molar-refractivity contribution < 1.29 is 0 Å². The normalized spacial score (nSPS) is 13.1. The second kappa shape index (κ2) is 6.01. The number of hydrogen-bond donors (Lipinski definition) is 1. The maximum atomic E-state index is 4.63. The molecular weight excluding hydrogens is 222 g/mol. The van der Waals surface area contributed by atoms with Crippen LogP contribution in [0.15, 0.2) is 24.3 Å². The van der Waals surface area contributed by atoms with Crippen molar-refractivity contribution >= 4 is 10.9 Å². The molecule has 0 amide bonds. The standard InChI is InChI=1S/C15H23N3/c1-4-12(16-2)8-7-10-14-13-9-5-6-11-15(13)18(3)17-14/h5-6,9,11-12,16H,4,7-8,10H2,1-3H3. The van der Waals surface area contributed by atoms with Crippen LogP contribution in [-0.2, 0) is 13.5 Å². The van der Waals surface area contributed by atoms with E-state index >= 15 is 0 Å². The van der Waals surface area contributed by atoms with E-state index in [-0.39, 0.29) is 0 Å². The Hall–Kier alpha value is -1.35. The summed E-state index contributed by atoms with van der Waals surface area (Å²) in [5.74, 6) is 0. The van der Waals surface area contributed by atoms with E-state index in [1.807, 2.05) is 18.8 Å². The van der Waals surface area contributed by atoms with E-state index < -0.39 is 0 Å². The van der Waals surface area contributed by atoms with Gasteiger partial charge in [-0.1, -0.05) is 25.1 Å². The lowest BCUT2D eigenvalue weighted by atomic mass is 10.0. The molecular formula is C15H23N3. The van der Waals surface area contributed by atoms with E-state index in [0.29, 0.717) is 6.04 Å². The number of hydrogen-bond acceptors (Lipinski definition) is 2. The third kappa shape index (κ3) is 2.72. The van der Waals surface area contributed by atoms with Crippen LogP contribution in [-0.4, -0.2) is 22.9 Å². The lowest BCUT2D eigenvalue weighted by molar-refractivity contribution is 0.490. The van der Waals surface area contributed by atoms with Crippen molar-refractivity contribution in [3.8, 4) is 0 Å². The summed E-state index contributed by atoms with van der Waals surface area (Å²) < 4.78 is 1.99. The molecule has 1 heterocycles. The van der Waals surface area contributed by atoms with Crippen LogP contribution in [0.25, 0.3) is 10.9 Å². The van der Waals surface area contributed by atoms with E-state index in [1.54, 1.807) is 0 Å². The Labute approximate surface area is 109 Å². The number of para-hydroxylation sites is 1. The van der Waals surface area contributed by atoms with Crippen LogP contribution in [0.5, 0.6) is 0 Å². The molecule has 3 heteroatoms. The maximum absolute atomic E-state index is 4.63. The molecule has 0 aliphatic heterocycles. The molecule has 0 spiro atoms. The van der Waals surface area contributed by atoms with Gasteiger partial charge in [-0.05, 0) is 38.8 Å². The van der Waals surface area contributed by atoms with Gasteiger partial charge in [-0.3, -0.25) is 4.68 Å². The highest BCUT2D eigenvalue weighted by Gasteiger charge is 2.08. The summed E-state index contributed by atoms with van der Waals surface area (Å²) in [6, 6.07) is 9.11. The van der Waals surface area contributed by atoms with Crippen molar-refractivity contribution in [3.05, 3.63) is 30.0 Å². The number of nitrogens with zero attached hydrogens (tertiary/aromatic N) is 2. The third-order valence-electron chi connectivity index (χ3n) is 3.70. The smallest absolute Gasteiger partial charge is 0.0703 e. The van der Waals surface area contributed by atoms with Crippen LogP contribution in [0.3, 0.4) is 0 Å². The summed E-state index contributed by atoms with van der Waals surface area (Å²) in [5, 5.41) is 9.29. The number of aromatic nitrogens is 2. The van der Waals surface area contributed by atoms with E-state index in [1.165, 1.54) is 35.9 Å². The fraction of sp³-hybridized carbons (Fsp3) is 0.533. The highest BCUT2D eigenvalue weighted by atomic mass is 15.3. The first-order valence-corrected chi connectivity index (χ1v) is 6.84. The molecule has 0 saturated carbocycles. The minimum absolute atomic E-state index is 0.639. The SMILES string of the molecule is CCC(CCCc1nn(C)c2ccccc12)NC. The molecule has 98 valence electrons. The van der Waals surface area contributed by atoms with Crippen molar-refractivity contribution in [2.75, 3.05) is 7.05 Å². The Balaban J connectivity index is 2.04. The Morgan fingerprint density at radius 3 is 2.83 bits per heavy atom. The highest BCUT2D eigenvalue weighted by Crippen LogP contribution is 2.19. The van der Waals surface area contributed by atoms with Crippen molar-refractivity contribution in [2.45, 2.75) is 38.6 Å². The van der Waals surface area contributed by atoms with Gasteiger partial charge in [0, 0.05) is 18.5 Å². The van der Waals surface area contributed by atoms with Gasteiger partial charge in [-0.25, -0.2) is 0 Å². The molecule has 0 bridgehead atoms. The van der Waals surface area contributed by atoms with E-state index in [0.717, 1.165) is 6.42 Å². The number of aryl methyl sites for hydroxylation is 2. The van der Waals surface area contributed by atoms with Crippen LogP contribution in [0.1, 0.15) is 31.9 Å². The average Bonchev–Trinajstić information content (AvgIpc) is 2.72. The molecule has 1 aromatic heterocycles. The number of nitrogens with one attached hydrogen (secondary N) is 1. The van der Waals surface area contributed by atoms with Crippen molar-refractivity contribution in [1.29, 1.82) is 0 Å². The van der Waals surface area contributed by atoms with Gasteiger partial charge in [-0.15, -0.1) is 0 Å². The predicted octanol–water partition coefficient (Wildman–Crippen LogP) is 2.89. The van der Waals surface area contributed by atoms with Gasteiger partial charge in [0.2, 0.25) is 0 Å². The first-order valence-electron chi connectivity index (χ1n) is 6.84. The van der Waals surface area contributed by atoms with Gasteiger partial charge in [0.15, 0.2) is 0 Å². The highest BCUT2D eigenvalue weighted by molar-refractivity contribution is 5.81. The molecule has 0 aliphatic rings. The van der Waals surface area contributed by atoms with E-state index in [4.69, 9.17) is 0 Å². The molecule has 1 N–H and O–H groups in total. The number of benzene rings is 1. The average molecular weight is 245 g/mol. The Bertz CT molecular complexity index is 497. The largest absolute Gasteiger partial charge is 0.317 e. The Kier molecular flexibility index (Phi) is 4.37. The Morgan fingerprint density at radius 1 is 1.33 bits per heavy atom. The number of rotatable bonds is 6. The van der Waals surface area contributed by atoms with Crippen LogP contribution in [0, 0.1) is 0 Å². The molecule has 3 nitrogen and oxygen atoms in total. The summed E-state index contributed by atoms with van der Waals surface area (Å²) in [6.45, 7) is 2.23. The maximum Gasteiger partial charge on any atom is 0.0703 e. The van der Waals surface area contributed by atoms with Gasteiger partial charge in [0.25, 0.3) is 0 Å². The van der Waals surface area contributed by atoms with Gasteiger partial charge in [0.1, 0.15) is 0 Å². The molecule has 1 aromatic carbocycles. The van der Waals surface area contributed by atoms with E-state index in [9.17, 15) is 0 Å². The molecule has 0 radical (unpaired) electrons. The van der Waals surface area contributed by atoms with Crippen LogP contribution >= 0.6 is 0 Å². The molecule has 2 aromatic rings. The Morgan fingerprint density at radius 2 is 2.11 bits per heavy atom. The van der Waals surface area contributed by atoms with Gasteiger partial charge < -0.3 is 5.32 Å². The summed E-state index contributed by atoms with van der Waals surface area (Å²) in [4.78, 5) is 0.